The highest BCUT2D eigenvalue weighted by Crippen LogP contribution is 2.37. The van der Waals surface area contributed by atoms with E-state index in [1.807, 2.05) is 0 Å². The molecule has 2 heteroatoms. The van der Waals surface area contributed by atoms with Gasteiger partial charge in [0.05, 0.1) is 0 Å². The predicted octanol–water partition coefficient (Wildman–Crippen LogP) is 2.23. The lowest BCUT2D eigenvalue weighted by atomic mass is 9.75. The minimum absolute atomic E-state index is 0.381. The highest BCUT2D eigenvalue weighted by molar-refractivity contribution is 9.09. The Balaban J connectivity index is 2.14. The SMILES string of the molecule is N[C@H]1CC(Br)C2C=CC=CC2C1. The smallest absolute Gasteiger partial charge is 0.0229 e. The van der Waals surface area contributed by atoms with Gasteiger partial charge in [-0.15, -0.1) is 0 Å². The third kappa shape index (κ3) is 1.50. The predicted molar refractivity (Wildman–Crippen MR) is 55.2 cm³/mol. The first kappa shape index (κ1) is 8.52. The Labute approximate surface area is 81.8 Å². The van der Waals surface area contributed by atoms with E-state index in [1.165, 1.54) is 0 Å². The van der Waals surface area contributed by atoms with Crippen molar-refractivity contribution in [2.24, 2.45) is 17.6 Å². The number of allylic oxidation sites excluding steroid dienone is 4. The van der Waals surface area contributed by atoms with E-state index in [4.69, 9.17) is 5.73 Å². The molecule has 3 unspecified atom stereocenters. The van der Waals surface area contributed by atoms with Crippen LogP contribution in [0.25, 0.3) is 0 Å². The van der Waals surface area contributed by atoms with E-state index in [-0.39, 0.29) is 0 Å². The summed E-state index contributed by atoms with van der Waals surface area (Å²) >= 11 is 3.71. The van der Waals surface area contributed by atoms with Gasteiger partial charge >= 0.3 is 0 Å². The zero-order valence-electron chi connectivity index (χ0n) is 6.99. The molecule has 0 aromatic heterocycles. The molecule has 0 spiro atoms. The van der Waals surface area contributed by atoms with Crippen molar-refractivity contribution in [1.82, 2.24) is 0 Å². The van der Waals surface area contributed by atoms with Gasteiger partial charge in [-0.25, -0.2) is 0 Å². The van der Waals surface area contributed by atoms with E-state index >= 15 is 0 Å². The van der Waals surface area contributed by atoms with E-state index in [2.05, 4.69) is 40.2 Å². The molecule has 2 N–H and O–H groups in total. The lowest BCUT2D eigenvalue weighted by molar-refractivity contribution is 0.315. The van der Waals surface area contributed by atoms with E-state index in [9.17, 15) is 0 Å². The summed E-state index contributed by atoms with van der Waals surface area (Å²) in [5.41, 5.74) is 5.94. The van der Waals surface area contributed by atoms with Gasteiger partial charge in [-0.2, -0.15) is 0 Å². The van der Waals surface area contributed by atoms with Gasteiger partial charge < -0.3 is 5.73 Å². The second kappa shape index (κ2) is 3.35. The van der Waals surface area contributed by atoms with Crippen molar-refractivity contribution in [2.45, 2.75) is 23.7 Å². The monoisotopic (exact) mass is 227 g/mol. The lowest BCUT2D eigenvalue weighted by Gasteiger charge is -2.36. The Morgan fingerprint density at radius 3 is 2.75 bits per heavy atom. The zero-order valence-corrected chi connectivity index (χ0v) is 8.57. The van der Waals surface area contributed by atoms with Crippen molar-refractivity contribution in [3.8, 4) is 0 Å². The molecule has 4 atom stereocenters. The standard InChI is InChI=1S/C10H14BrN/c11-10-6-8(12)5-7-3-1-2-4-9(7)10/h1-4,7-10H,5-6,12H2/t7?,8-,9?,10?/m1/s1. The van der Waals surface area contributed by atoms with Crippen LogP contribution in [0.2, 0.25) is 0 Å². The largest absolute Gasteiger partial charge is 0.328 e. The first-order chi connectivity index (χ1) is 5.77. The molecule has 0 aromatic carbocycles. The highest BCUT2D eigenvalue weighted by Gasteiger charge is 2.32. The number of nitrogens with two attached hydrogens (primary N) is 1. The zero-order chi connectivity index (χ0) is 8.55. The number of hydrogen-bond donors (Lipinski definition) is 1. The summed E-state index contributed by atoms with van der Waals surface area (Å²) in [5.74, 6) is 1.35. The third-order valence-electron chi connectivity index (χ3n) is 2.82. The Kier molecular flexibility index (Phi) is 2.37. The maximum Gasteiger partial charge on any atom is 0.0229 e. The van der Waals surface area contributed by atoms with Gasteiger partial charge in [-0.05, 0) is 24.7 Å². The Bertz CT molecular complexity index is 222. The number of halogens is 1. The molecule has 0 aliphatic heterocycles. The van der Waals surface area contributed by atoms with Gasteiger partial charge in [0.15, 0.2) is 0 Å². The average molecular weight is 228 g/mol. The molecule has 12 heavy (non-hydrogen) atoms. The van der Waals surface area contributed by atoms with Gasteiger partial charge in [0.1, 0.15) is 0 Å². The lowest BCUT2D eigenvalue weighted by Crippen LogP contribution is -2.38. The van der Waals surface area contributed by atoms with E-state index in [1.54, 1.807) is 0 Å². The summed E-state index contributed by atoms with van der Waals surface area (Å²) in [6.07, 6.45) is 11.1. The maximum atomic E-state index is 5.94. The number of hydrogen-bond acceptors (Lipinski definition) is 1. The molecule has 2 rings (SSSR count). The normalized spacial score (nSPS) is 45.8. The van der Waals surface area contributed by atoms with Crippen LogP contribution in [0, 0.1) is 11.8 Å². The van der Waals surface area contributed by atoms with E-state index in [0.29, 0.717) is 22.7 Å². The fraction of sp³-hybridized carbons (Fsp3) is 0.600. The summed E-state index contributed by atoms with van der Waals surface area (Å²) < 4.78 is 0. The molecule has 1 saturated carbocycles. The molecule has 1 fully saturated rings. The van der Waals surface area contributed by atoms with Gasteiger partial charge in [0.2, 0.25) is 0 Å². The quantitative estimate of drug-likeness (QED) is 0.632. The number of alkyl halides is 1. The van der Waals surface area contributed by atoms with Crippen molar-refractivity contribution in [3.05, 3.63) is 24.3 Å². The van der Waals surface area contributed by atoms with Crippen LogP contribution in [0.15, 0.2) is 24.3 Å². The van der Waals surface area contributed by atoms with E-state index < -0.39 is 0 Å². The van der Waals surface area contributed by atoms with Crippen LogP contribution in [0.4, 0.5) is 0 Å². The van der Waals surface area contributed by atoms with Gasteiger partial charge in [0, 0.05) is 10.9 Å². The van der Waals surface area contributed by atoms with Crippen LogP contribution in [0.5, 0.6) is 0 Å². The molecular weight excluding hydrogens is 214 g/mol. The molecule has 0 amide bonds. The molecule has 2 aliphatic carbocycles. The molecule has 0 aromatic rings. The van der Waals surface area contributed by atoms with Crippen LogP contribution in [-0.2, 0) is 0 Å². The third-order valence-corrected chi connectivity index (χ3v) is 3.80. The molecule has 0 radical (unpaired) electrons. The molecular formula is C10H14BrN. The van der Waals surface area contributed by atoms with Crippen molar-refractivity contribution >= 4 is 15.9 Å². The minimum Gasteiger partial charge on any atom is -0.328 e. The molecule has 1 nitrogen and oxygen atoms in total. The summed E-state index contributed by atoms with van der Waals surface area (Å²) in [4.78, 5) is 0.576. The summed E-state index contributed by atoms with van der Waals surface area (Å²) in [7, 11) is 0. The second-order valence-corrected chi connectivity index (χ2v) is 4.93. The second-order valence-electron chi connectivity index (χ2n) is 3.76. The van der Waals surface area contributed by atoms with Crippen molar-refractivity contribution < 1.29 is 0 Å². The molecule has 0 bridgehead atoms. The average Bonchev–Trinajstić information content (AvgIpc) is 2.04. The van der Waals surface area contributed by atoms with E-state index in [0.717, 1.165) is 12.8 Å². The van der Waals surface area contributed by atoms with Crippen LogP contribution in [-0.4, -0.2) is 10.9 Å². The van der Waals surface area contributed by atoms with Gasteiger partial charge in [-0.1, -0.05) is 40.2 Å². The Morgan fingerprint density at radius 1 is 1.17 bits per heavy atom. The first-order valence-corrected chi connectivity index (χ1v) is 5.43. The summed E-state index contributed by atoms with van der Waals surface area (Å²) in [6.45, 7) is 0. The molecule has 0 heterocycles. The van der Waals surface area contributed by atoms with Crippen LogP contribution in [0.3, 0.4) is 0 Å². The maximum absolute atomic E-state index is 5.94. The molecule has 66 valence electrons. The Hall–Kier alpha value is -0.0800. The van der Waals surface area contributed by atoms with Crippen LogP contribution < -0.4 is 5.73 Å². The van der Waals surface area contributed by atoms with Crippen LogP contribution in [0.1, 0.15) is 12.8 Å². The molecule has 0 saturated heterocycles. The fourth-order valence-corrected chi connectivity index (χ4v) is 3.24. The minimum atomic E-state index is 0.381. The molecule has 2 aliphatic rings. The first-order valence-electron chi connectivity index (χ1n) is 4.52. The summed E-state index contributed by atoms with van der Waals surface area (Å²) in [6, 6.07) is 0.381. The number of rotatable bonds is 0. The highest BCUT2D eigenvalue weighted by atomic mass is 79.9. The van der Waals surface area contributed by atoms with Crippen molar-refractivity contribution in [2.75, 3.05) is 0 Å². The van der Waals surface area contributed by atoms with Crippen molar-refractivity contribution in [3.63, 3.8) is 0 Å². The van der Waals surface area contributed by atoms with Gasteiger partial charge in [0.25, 0.3) is 0 Å². The van der Waals surface area contributed by atoms with Gasteiger partial charge in [-0.3, -0.25) is 0 Å². The van der Waals surface area contributed by atoms with Crippen molar-refractivity contribution in [1.29, 1.82) is 0 Å². The summed E-state index contributed by atoms with van der Waals surface area (Å²) in [5, 5.41) is 0. The number of fused-ring (bicyclic) bond motifs is 1. The van der Waals surface area contributed by atoms with Crippen LogP contribution >= 0.6 is 15.9 Å². The fourth-order valence-electron chi connectivity index (χ4n) is 2.19. The Morgan fingerprint density at radius 2 is 1.92 bits per heavy atom. The topological polar surface area (TPSA) is 26.0 Å².